The van der Waals surface area contributed by atoms with E-state index in [0.29, 0.717) is 16.5 Å². The van der Waals surface area contributed by atoms with Crippen LogP contribution in [0.3, 0.4) is 0 Å². The Morgan fingerprint density at radius 1 is 1.19 bits per heavy atom. The molecule has 0 saturated heterocycles. The first-order valence-corrected chi connectivity index (χ1v) is 8.21. The summed E-state index contributed by atoms with van der Waals surface area (Å²) in [5.74, 6) is 0.0939. The molecule has 0 aromatic heterocycles. The summed E-state index contributed by atoms with van der Waals surface area (Å²) in [7, 11) is 0. The van der Waals surface area contributed by atoms with Gasteiger partial charge in [0.05, 0.1) is 16.1 Å². The van der Waals surface area contributed by atoms with Crippen LogP contribution in [0.25, 0.3) is 0 Å². The third-order valence-corrected chi connectivity index (χ3v) is 4.65. The molecule has 1 aromatic rings. The Labute approximate surface area is 135 Å². The lowest BCUT2D eigenvalue weighted by molar-refractivity contribution is -0.122. The van der Waals surface area contributed by atoms with Gasteiger partial charge in [-0.2, -0.15) is 0 Å². The summed E-state index contributed by atoms with van der Waals surface area (Å²) >= 11 is 11.8. The molecule has 1 fully saturated rings. The van der Waals surface area contributed by atoms with Gasteiger partial charge in [0.2, 0.25) is 5.91 Å². The highest BCUT2D eigenvalue weighted by molar-refractivity contribution is 6.42. The Bertz CT molecular complexity index is 485. The van der Waals surface area contributed by atoms with Gasteiger partial charge in [0.25, 0.3) is 0 Å². The fraction of sp³-hybridized carbons (Fsp3) is 0.562. The second-order valence-corrected chi connectivity index (χ2v) is 6.49. The number of benzene rings is 1. The highest BCUT2D eigenvalue weighted by Crippen LogP contribution is 2.23. The van der Waals surface area contributed by atoms with Crippen LogP contribution in [0.1, 0.15) is 44.1 Å². The predicted octanol–water partition coefficient (Wildman–Crippen LogP) is 3.74. The predicted molar refractivity (Wildman–Crippen MR) is 85.8 cm³/mol. The summed E-state index contributed by atoms with van der Waals surface area (Å²) in [6.07, 6.45) is 5.25. The first kappa shape index (κ1) is 16.6. The Hall–Kier alpha value is -0.770. The Kier molecular flexibility index (Phi) is 6.34. The summed E-state index contributed by atoms with van der Waals surface area (Å²) in [6.45, 7) is 0. The Morgan fingerprint density at radius 2 is 1.90 bits per heavy atom. The monoisotopic (exact) mass is 329 g/mol. The smallest absolute Gasteiger partial charge is 0.220 e. The normalized spacial score (nSPS) is 22.0. The first-order valence-electron chi connectivity index (χ1n) is 7.46. The molecule has 116 valence electrons. The van der Waals surface area contributed by atoms with Gasteiger partial charge in [-0.1, -0.05) is 29.3 Å². The van der Waals surface area contributed by atoms with Crippen LogP contribution in [0.15, 0.2) is 18.2 Å². The first-order chi connectivity index (χ1) is 10.0. The van der Waals surface area contributed by atoms with E-state index in [9.17, 15) is 9.90 Å². The zero-order valence-electron chi connectivity index (χ0n) is 11.9. The van der Waals surface area contributed by atoms with Gasteiger partial charge in [0.1, 0.15) is 0 Å². The van der Waals surface area contributed by atoms with Crippen molar-refractivity contribution >= 4 is 29.1 Å². The summed E-state index contributed by atoms with van der Waals surface area (Å²) in [5, 5.41) is 13.6. The molecule has 0 bridgehead atoms. The van der Waals surface area contributed by atoms with Crippen LogP contribution < -0.4 is 5.32 Å². The van der Waals surface area contributed by atoms with Crippen LogP contribution >= 0.6 is 23.2 Å². The lowest BCUT2D eigenvalue weighted by atomic mass is 9.93. The van der Waals surface area contributed by atoms with Crippen molar-refractivity contribution in [2.75, 3.05) is 0 Å². The summed E-state index contributed by atoms with van der Waals surface area (Å²) in [4.78, 5) is 11.9. The number of rotatable bonds is 5. The molecule has 0 radical (unpaired) electrons. The number of hydrogen-bond acceptors (Lipinski definition) is 2. The maximum atomic E-state index is 11.9. The van der Waals surface area contributed by atoms with Gasteiger partial charge in [-0.05, 0) is 56.2 Å². The molecule has 0 unspecified atom stereocenters. The molecule has 1 aliphatic carbocycles. The SMILES string of the molecule is O=C(CCCc1ccc(Cl)c(Cl)c1)NC1CCC(O)CC1. The average molecular weight is 330 g/mol. The molecule has 0 atom stereocenters. The van der Waals surface area contributed by atoms with Crippen molar-refractivity contribution in [2.24, 2.45) is 0 Å². The molecule has 2 N–H and O–H groups in total. The van der Waals surface area contributed by atoms with Crippen molar-refractivity contribution in [1.29, 1.82) is 0 Å². The van der Waals surface area contributed by atoms with Crippen molar-refractivity contribution in [3.63, 3.8) is 0 Å². The molecule has 1 aromatic carbocycles. The highest BCUT2D eigenvalue weighted by atomic mass is 35.5. The molecule has 0 heterocycles. The van der Waals surface area contributed by atoms with Gasteiger partial charge < -0.3 is 10.4 Å². The quantitative estimate of drug-likeness (QED) is 0.864. The number of halogens is 2. The maximum Gasteiger partial charge on any atom is 0.220 e. The average Bonchev–Trinajstić information content (AvgIpc) is 2.45. The van der Waals surface area contributed by atoms with Crippen molar-refractivity contribution in [1.82, 2.24) is 5.32 Å². The topological polar surface area (TPSA) is 49.3 Å². The van der Waals surface area contributed by atoms with Crippen molar-refractivity contribution in [3.8, 4) is 0 Å². The second kappa shape index (κ2) is 8.02. The van der Waals surface area contributed by atoms with E-state index in [-0.39, 0.29) is 18.1 Å². The zero-order valence-corrected chi connectivity index (χ0v) is 13.5. The van der Waals surface area contributed by atoms with Crippen molar-refractivity contribution < 1.29 is 9.90 Å². The van der Waals surface area contributed by atoms with E-state index in [1.165, 1.54) is 0 Å². The van der Waals surface area contributed by atoms with Crippen molar-refractivity contribution in [3.05, 3.63) is 33.8 Å². The number of carbonyl (C=O) groups is 1. The lowest BCUT2D eigenvalue weighted by Gasteiger charge is -2.26. The Morgan fingerprint density at radius 3 is 2.57 bits per heavy atom. The fourth-order valence-corrected chi connectivity index (χ4v) is 2.99. The van der Waals surface area contributed by atoms with E-state index in [1.807, 2.05) is 12.1 Å². The molecule has 21 heavy (non-hydrogen) atoms. The van der Waals surface area contributed by atoms with Crippen LogP contribution in [0, 0.1) is 0 Å². The minimum absolute atomic E-state index is 0.0939. The molecule has 1 saturated carbocycles. The van der Waals surface area contributed by atoms with Crippen LogP contribution in [-0.2, 0) is 11.2 Å². The van der Waals surface area contributed by atoms with E-state index in [2.05, 4.69) is 5.32 Å². The zero-order chi connectivity index (χ0) is 15.2. The van der Waals surface area contributed by atoms with Gasteiger partial charge >= 0.3 is 0 Å². The molecule has 3 nitrogen and oxygen atoms in total. The van der Waals surface area contributed by atoms with Crippen LogP contribution in [0.2, 0.25) is 10.0 Å². The number of hydrogen-bond donors (Lipinski definition) is 2. The molecule has 0 spiro atoms. The molecular formula is C16H21Cl2NO2. The van der Waals surface area contributed by atoms with E-state index >= 15 is 0 Å². The molecular weight excluding hydrogens is 309 g/mol. The van der Waals surface area contributed by atoms with E-state index in [4.69, 9.17) is 23.2 Å². The van der Waals surface area contributed by atoms with Crippen LogP contribution in [0.4, 0.5) is 0 Å². The molecule has 2 rings (SSSR count). The van der Waals surface area contributed by atoms with E-state index in [1.54, 1.807) is 6.07 Å². The van der Waals surface area contributed by atoms with Gasteiger partial charge in [-0.3, -0.25) is 4.79 Å². The van der Waals surface area contributed by atoms with Gasteiger partial charge in [0.15, 0.2) is 0 Å². The van der Waals surface area contributed by atoms with Gasteiger partial charge in [-0.15, -0.1) is 0 Å². The minimum atomic E-state index is -0.187. The Balaban J connectivity index is 1.68. The van der Waals surface area contributed by atoms with Crippen LogP contribution in [-0.4, -0.2) is 23.2 Å². The van der Waals surface area contributed by atoms with E-state index in [0.717, 1.165) is 44.1 Å². The number of aliphatic hydroxyl groups is 1. The minimum Gasteiger partial charge on any atom is -0.393 e. The molecule has 5 heteroatoms. The van der Waals surface area contributed by atoms with Crippen LogP contribution in [0.5, 0.6) is 0 Å². The number of carbonyl (C=O) groups excluding carboxylic acids is 1. The molecule has 0 aliphatic heterocycles. The van der Waals surface area contributed by atoms with Gasteiger partial charge in [-0.25, -0.2) is 0 Å². The summed E-state index contributed by atoms with van der Waals surface area (Å²) in [6, 6.07) is 5.80. The van der Waals surface area contributed by atoms with Gasteiger partial charge in [0, 0.05) is 12.5 Å². The standard InChI is InChI=1S/C16H21Cl2NO2/c17-14-9-4-11(10-15(14)18)2-1-3-16(21)19-12-5-7-13(20)8-6-12/h4,9-10,12-13,20H,1-3,5-8H2,(H,19,21). The summed E-state index contributed by atoms with van der Waals surface area (Å²) in [5.41, 5.74) is 1.10. The number of aliphatic hydroxyl groups excluding tert-OH is 1. The van der Waals surface area contributed by atoms with E-state index < -0.39 is 0 Å². The number of nitrogens with one attached hydrogen (secondary N) is 1. The fourth-order valence-electron chi connectivity index (χ4n) is 2.67. The number of amides is 1. The second-order valence-electron chi connectivity index (χ2n) is 5.67. The summed E-state index contributed by atoms with van der Waals surface area (Å²) < 4.78 is 0. The number of aryl methyl sites for hydroxylation is 1. The van der Waals surface area contributed by atoms with Crippen molar-refractivity contribution in [2.45, 2.75) is 57.1 Å². The third kappa shape index (κ3) is 5.50. The highest BCUT2D eigenvalue weighted by Gasteiger charge is 2.20. The molecule has 1 amide bonds. The third-order valence-electron chi connectivity index (χ3n) is 3.92. The molecule has 1 aliphatic rings. The maximum absolute atomic E-state index is 11.9. The largest absolute Gasteiger partial charge is 0.393 e. The lowest BCUT2D eigenvalue weighted by Crippen LogP contribution is -2.38.